The number of carbonyl (C=O) groups excluding carboxylic acids is 1. The molecule has 1 heterocycles. The minimum atomic E-state index is -0.353. The third-order valence-electron chi connectivity index (χ3n) is 2.65. The molecular weight excluding hydrogens is 260 g/mol. The number of carbonyl (C=O) groups is 1. The molecule has 19 heavy (non-hydrogen) atoms. The molecule has 0 aliphatic rings. The Morgan fingerprint density at radius 2 is 2.16 bits per heavy atom. The maximum atomic E-state index is 11.6. The van der Waals surface area contributed by atoms with Crippen LogP contribution < -0.4 is 5.32 Å². The molecule has 98 valence electrons. The average Bonchev–Trinajstić information content (AvgIpc) is 2.45. The molecule has 0 saturated carbocycles. The van der Waals surface area contributed by atoms with Gasteiger partial charge in [-0.15, -0.1) is 0 Å². The Kier molecular flexibility index (Phi) is 4.30. The minimum Gasteiger partial charge on any atom is -0.465 e. The van der Waals surface area contributed by atoms with Crippen molar-refractivity contribution in [2.45, 2.75) is 6.54 Å². The van der Waals surface area contributed by atoms with Gasteiger partial charge in [0.1, 0.15) is 4.64 Å². The quantitative estimate of drug-likeness (QED) is 0.664. The lowest BCUT2D eigenvalue weighted by molar-refractivity contribution is 0.0602. The van der Waals surface area contributed by atoms with Crippen LogP contribution in [0.15, 0.2) is 42.6 Å². The molecule has 0 atom stereocenters. The Labute approximate surface area is 116 Å². The van der Waals surface area contributed by atoms with Gasteiger partial charge in [-0.05, 0) is 29.8 Å². The van der Waals surface area contributed by atoms with Crippen LogP contribution in [0.25, 0.3) is 0 Å². The highest BCUT2D eigenvalue weighted by Gasteiger charge is 2.10. The van der Waals surface area contributed by atoms with E-state index in [-0.39, 0.29) is 5.97 Å². The molecule has 0 fully saturated rings. The molecule has 2 aromatic rings. The van der Waals surface area contributed by atoms with Crippen LogP contribution in [0.2, 0.25) is 0 Å². The Bertz CT molecular complexity index is 637. The van der Waals surface area contributed by atoms with Crippen LogP contribution in [-0.4, -0.2) is 18.1 Å². The summed E-state index contributed by atoms with van der Waals surface area (Å²) in [6.45, 7) is 0.590. The number of esters is 1. The lowest BCUT2D eigenvalue weighted by atomic mass is 10.1. The first kappa shape index (κ1) is 13.3. The monoisotopic (exact) mass is 274 g/mol. The molecule has 0 saturated heterocycles. The zero-order valence-corrected chi connectivity index (χ0v) is 11.3. The second kappa shape index (κ2) is 6.15. The number of benzene rings is 1. The van der Waals surface area contributed by atoms with Crippen LogP contribution in [0.3, 0.4) is 0 Å². The standard InChI is InChI=1S/C14H14N2O2S/c1-18-14(17)11-4-2-3-5-12(11)16-9-10-6-7-15-13(19)8-10/h2-8,16H,9H2,1H3,(H,15,19). The Morgan fingerprint density at radius 3 is 2.89 bits per heavy atom. The molecule has 4 nitrogen and oxygen atoms in total. The molecule has 0 aliphatic carbocycles. The van der Waals surface area contributed by atoms with E-state index in [0.29, 0.717) is 16.7 Å². The normalized spacial score (nSPS) is 9.95. The Morgan fingerprint density at radius 1 is 1.37 bits per heavy atom. The number of para-hydroxylation sites is 1. The summed E-state index contributed by atoms with van der Waals surface area (Å²) < 4.78 is 5.43. The zero-order chi connectivity index (χ0) is 13.7. The fourth-order valence-electron chi connectivity index (χ4n) is 1.72. The van der Waals surface area contributed by atoms with Crippen molar-refractivity contribution < 1.29 is 9.53 Å². The first-order valence-electron chi connectivity index (χ1n) is 5.79. The number of aromatic amines is 1. The van der Waals surface area contributed by atoms with Crippen LogP contribution in [0.5, 0.6) is 0 Å². The molecular formula is C14H14N2O2S. The summed E-state index contributed by atoms with van der Waals surface area (Å²) in [7, 11) is 1.37. The molecule has 2 N–H and O–H groups in total. The van der Waals surface area contributed by atoms with Crippen molar-refractivity contribution in [1.82, 2.24) is 4.98 Å². The summed E-state index contributed by atoms with van der Waals surface area (Å²) in [5.74, 6) is -0.353. The van der Waals surface area contributed by atoms with Gasteiger partial charge in [-0.2, -0.15) is 0 Å². The molecule has 0 aliphatic heterocycles. The molecule has 0 radical (unpaired) electrons. The van der Waals surface area contributed by atoms with Gasteiger partial charge in [0.25, 0.3) is 0 Å². The van der Waals surface area contributed by atoms with Crippen molar-refractivity contribution in [3.8, 4) is 0 Å². The van der Waals surface area contributed by atoms with Gasteiger partial charge in [0.05, 0.1) is 12.7 Å². The third-order valence-corrected chi connectivity index (χ3v) is 2.89. The molecule has 0 amide bonds. The van der Waals surface area contributed by atoms with Crippen molar-refractivity contribution in [1.29, 1.82) is 0 Å². The summed E-state index contributed by atoms with van der Waals surface area (Å²) in [5.41, 5.74) is 2.31. The Balaban J connectivity index is 2.16. The van der Waals surface area contributed by atoms with Crippen molar-refractivity contribution in [3.05, 3.63) is 58.4 Å². The summed E-state index contributed by atoms with van der Waals surface area (Å²) >= 11 is 5.06. The van der Waals surface area contributed by atoms with E-state index in [9.17, 15) is 4.79 Å². The van der Waals surface area contributed by atoms with Crippen LogP contribution >= 0.6 is 12.2 Å². The van der Waals surface area contributed by atoms with Crippen molar-refractivity contribution >= 4 is 23.9 Å². The first-order chi connectivity index (χ1) is 9.20. The number of H-pyrrole nitrogens is 1. The maximum Gasteiger partial charge on any atom is 0.339 e. The van der Waals surface area contributed by atoms with E-state index in [4.69, 9.17) is 17.0 Å². The predicted octanol–water partition coefficient (Wildman–Crippen LogP) is 3.14. The van der Waals surface area contributed by atoms with Gasteiger partial charge >= 0.3 is 5.97 Å². The van der Waals surface area contributed by atoms with Crippen LogP contribution in [0.4, 0.5) is 5.69 Å². The lowest BCUT2D eigenvalue weighted by Crippen LogP contribution is -2.08. The fourth-order valence-corrected chi connectivity index (χ4v) is 1.94. The van der Waals surface area contributed by atoms with E-state index in [1.54, 1.807) is 18.3 Å². The van der Waals surface area contributed by atoms with Crippen molar-refractivity contribution in [2.24, 2.45) is 0 Å². The maximum absolute atomic E-state index is 11.6. The van der Waals surface area contributed by atoms with Gasteiger partial charge in [0.15, 0.2) is 0 Å². The number of hydrogen-bond donors (Lipinski definition) is 2. The largest absolute Gasteiger partial charge is 0.465 e. The molecule has 0 spiro atoms. The van der Waals surface area contributed by atoms with Crippen LogP contribution in [-0.2, 0) is 11.3 Å². The Hall–Kier alpha value is -2.14. The van der Waals surface area contributed by atoms with Crippen LogP contribution in [0, 0.1) is 4.64 Å². The minimum absolute atomic E-state index is 0.353. The first-order valence-corrected chi connectivity index (χ1v) is 6.20. The van der Waals surface area contributed by atoms with Crippen molar-refractivity contribution in [3.63, 3.8) is 0 Å². The molecule has 1 aromatic heterocycles. The van der Waals surface area contributed by atoms with E-state index in [0.717, 1.165) is 11.3 Å². The topological polar surface area (TPSA) is 54.1 Å². The zero-order valence-electron chi connectivity index (χ0n) is 10.5. The number of anilines is 1. The number of pyridine rings is 1. The second-order valence-electron chi connectivity index (χ2n) is 3.95. The second-order valence-corrected chi connectivity index (χ2v) is 4.39. The highest BCUT2D eigenvalue weighted by atomic mass is 32.1. The highest BCUT2D eigenvalue weighted by Crippen LogP contribution is 2.17. The van der Waals surface area contributed by atoms with Crippen LogP contribution in [0.1, 0.15) is 15.9 Å². The van der Waals surface area contributed by atoms with E-state index in [1.807, 2.05) is 24.3 Å². The summed E-state index contributed by atoms with van der Waals surface area (Å²) in [6, 6.07) is 11.1. The number of ether oxygens (including phenoxy) is 1. The number of methoxy groups -OCH3 is 1. The SMILES string of the molecule is COC(=O)c1ccccc1NCc1cc[nH]c(=S)c1. The number of rotatable bonds is 4. The van der Waals surface area contributed by atoms with Gasteiger partial charge in [0.2, 0.25) is 0 Å². The van der Waals surface area contributed by atoms with Gasteiger partial charge in [-0.25, -0.2) is 4.79 Å². The van der Waals surface area contributed by atoms with E-state index < -0.39 is 0 Å². The van der Waals surface area contributed by atoms with Crippen molar-refractivity contribution in [2.75, 3.05) is 12.4 Å². The van der Waals surface area contributed by atoms with E-state index >= 15 is 0 Å². The smallest absolute Gasteiger partial charge is 0.339 e. The third kappa shape index (κ3) is 3.42. The summed E-state index contributed by atoms with van der Waals surface area (Å²) in [5, 5.41) is 3.21. The average molecular weight is 274 g/mol. The lowest BCUT2D eigenvalue weighted by Gasteiger charge is -2.10. The summed E-state index contributed by atoms with van der Waals surface area (Å²) in [6.07, 6.45) is 1.80. The van der Waals surface area contributed by atoms with Gasteiger partial charge in [-0.1, -0.05) is 24.4 Å². The van der Waals surface area contributed by atoms with Gasteiger partial charge < -0.3 is 15.0 Å². The van der Waals surface area contributed by atoms with E-state index in [1.165, 1.54) is 7.11 Å². The molecule has 0 bridgehead atoms. The van der Waals surface area contributed by atoms with Gasteiger partial charge in [-0.3, -0.25) is 0 Å². The van der Waals surface area contributed by atoms with Gasteiger partial charge in [0, 0.05) is 18.4 Å². The molecule has 0 unspecified atom stereocenters. The predicted molar refractivity (Wildman–Crippen MR) is 76.7 cm³/mol. The van der Waals surface area contributed by atoms with E-state index in [2.05, 4.69) is 10.3 Å². The number of hydrogen-bond acceptors (Lipinski definition) is 4. The number of nitrogens with one attached hydrogen (secondary N) is 2. The summed E-state index contributed by atoms with van der Waals surface area (Å²) in [4.78, 5) is 14.5. The molecule has 1 aromatic carbocycles. The molecule has 2 rings (SSSR count). The fraction of sp³-hybridized carbons (Fsp3) is 0.143. The molecule has 5 heteroatoms. The number of aromatic nitrogens is 1. The highest BCUT2D eigenvalue weighted by molar-refractivity contribution is 7.71.